The Bertz CT molecular complexity index is 903. The lowest BCUT2D eigenvalue weighted by molar-refractivity contribution is -0.0221. The van der Waals surface area contributed by atoms with E-state index in [0.29, 0.717) is 50.1 Å². The molecule has 0 radical (unpaired) electrons. The molecule has 1 N–H and O–H groups in total. The quantitative estimate of drug-likeness (QED) is 0.685. The van der Waals surface area contributed by atoms with Gasteiger partial charge in [-0.2, -0.15) is 0 Å². The predicted molar refractivity (Wildman–Crippen MR) is 124 cm³/mol. The Morgan fingerprint density at radius 1 is 1.06 bits per heavy atom. The first-order valence-electron chi connectivity index (χ1n) is 13.9. The Morgan fingerprint density at radius 2 is 1.76 bits per heavy atom. The first-order chi connectivity index (χ1) is 16.8. The summed E-state index contributed by atoms with van der Waals surface area (Å²) >= 11 is 0. The molecule has 6 rings (SSSR count). The summed E-state index contributed by atoms with van der Waals surface area (Å²) in [5.41, 5.74) is 1.18. The summed E-state index contributed by atoms with van der Waals surface area (Å²) in [6, 6.07) is 2.41. The number of nitrogens with zero attached hydrogens (tertiary/aromatic N) is 4. The normalized spacial score (nSPS) is 34.1. The van der Waals surface area contributed by atoms with E-state index in [-0.39, 0.29) is 18.8 Å². The number of nitrogens with one attached hydrogen (secondary N) is 1. The number of alkyl halides is 2. The number of likely N-dealkylation sites (tertiary alicyclic amines) is 1. The molecule has 0 spiro atoms. The molecule has 5 aliphatic rings. The first kappa shape index (κ1) is 19.7. The van der Waals surface area contributed by atoms with Crippen molar-refractivity contribution in [2.45, 2.75) is 69.2 Å². The molecule has 0 amide bonds. The fourth-order valence-electron chi connectivity index (χ4n) is 6.23. The highest BCUT2D eigenvalue weighted by Crippen LogP contribution is 2.45. The molecule has 4 heterocycles. The largest absolute Gasteiger partial charge is 0.381 e. The third-order valence-corrected chi connectivity index (χ3v) is 8.32. The van der Waals surface area contributed by atoms with Crippen LogP contribution in [0.3, 0.4) is 0 Å². The van der Waals surface area contributed by atoms with Gasteiger partial charge in [0.05, 0.1) is 0 Å². The van der Waals surface area contributed by atoms with E-state index >= 15 is 0 Å². The first-order valence-corrected chi connectivity index (χ1v) is 12.9. The highest BCUT2D eigenvalue weighted by Gasteiger charge is 2.42. The number of anilines is 2. The molecule has 33 heavy (non-hydrogen) atoms. The molecule has 2 aliphatic carbocycles. The molecule has 0 bridgehead atoms. The van der Waals surface area contributed by atoms with Crippen molar-refractivity contribution in [1.29, 1.82) is 0 Å². The van der Waals surface area contributed by atoms with Crippen LogP contribution in [0, 0.1) is 17.8 Å². The molecular weight excluding hydrogens is 424 g/mol. The topological polar surface area (TPSA) is 53.5 Å². The van der Waals surface area contributed by atoms with Crippen LogP contribution in [0.25, 0.3) is 0 Å². The van der Waals surface area contributed by atoms with Crippen LogP contribution in [0.2, 0.25) is 0 Å². The van der Waals surface area contributed by atoms with E-state index in [0.717, 1.165) is 63.3 Å². The molecule has 3 atom stereocenters. The molecule has 1 aromatic rings. The van der Waals surface area contributed by atoms with Crippen molar-refractivity contribution in [1.82, 2.24) is 15.1 Å². The summed E-state index contributed by atoms with van der Waals surface area (Å²) in [7, 11) is 0. The van der Waals surface area contributed by atoms with Crippen LogP contribution >= 0.6 is 0 Å². The Balaban J connectivity index is 1.08. The fourth-order valence-corrected chi connectivity index (χ4v) is 6.23. The molecule has 1 aromatic heterocycles. The van der Waals surface area contributed by atoms with Crippen LogP contribution in [0.15, 0.2) is 6.07 Å². The zero-order valence-electron chi connectivity index (χ0n) is 21.3. The van der Waals surface area contributed by atoms with Crippen molar-refractivity contribution in [3.05, 3.63) is 11.6 Å². The van der Waals surface area contributed by atoms with Gasteiger partial charge in [-0.25, -0.2) is 8.78 Å². The molecule has 182 valence electrons. The maximum atomic E-state index is 13.6. The highest BCUT2D eigenvalue weighted by atomic mass is 19.3. The van der Waals surface area contributed by atoms with Gasteiger partial charge in [-0.1, -0.05) is 0 Å². The second kappa shape index (κ2) is 8.91. The van der Waals surface area contributed by atoms with E-state index in [4.69, 9.17) is 7.48 Å². The van der Waals surface area contributed by atoms with Crippen LogP contribution in [0.5, 0.6) is 0 Å². The van der Waals surface area contributed by atoms with Crippen molar-refractivity contribution in [3.63, 3.8) is 0 Å². The van der Waals surface area contributed by atoms with Crippen molar-refractivity contribution in [2.24, 2.45) is 17.8 Å². The van der Waals surface area contributed by atoms with E-state index in [9.17, 15) is 8.78 Å². The highest BCUT2D eigenvalue weighted by molar-refractivity contribution is 5.54. The van der Waals surface area contributed by atoms with Crippen molar-refractivity contribution < 1.29 is 16.3 Å². The molecule has 3 aliphatic heterocycles. The zero-order chi connectivity index (χ0) is 24.2. The lowest BCUT2D eigenvalue weighted by Gasteiger charge is -2.32. The molecule has 2 saturated carbocycles. The molecule has 5 fully saturated rings. The van der Waals surface area contributed by atoms with Crippen LogP contribution in [0.4, 0.5) is 20.4 Å². The minimum Gasteiger partial charge on any atom is -0.381 e. The average Bonchev–Trinajstić information content (AvgIpc) is 3.50. The third-order valence-electron chi connectivity index (χ3n) is 8.32. The number of aromatic nitrogens is 2. The Kier molecular flexibility index (Phi) is 5.33. The van der Waals surface area contributed by atoms with Gasteiger partial charge in [-0.15, -0.1) is 10.2 Å². The third kappa shape index (κ3) is 4.97. The van der Waals surface area contributed by atoms with E-state index in [1.54, 1.807) is 0 Å². The summed E-state index contributed by atoms with van der Waals surface area (Å²) in [5.74, 6) is 0.583. The van der Waals surface area contributed by atoms with Gasteiger partial charge in [-0.3, -0.25) is 0 Å². The Labute approximate surface area is 198 Å². The fraction of sp³-hybridized carbons (Fsp3) is 0.840. The molecule has 3 saturated heterocycles. The zero-order valence-corrected chi connectivity index (χ0v) is 19.3. The SMILES string of the molecule is [2H]C([2H])(C1CCOCC1)N1C[C@H]2CC(Nc3nnc(N4CCC(F)(F)CC4)cc3C3CC3)C[C@H]2C1. The number of ether oxygens (including phenoxy) is 1. The van der Waals surface area contributed by atoms with Gasteiger partial charge in [0.25, 0.3) is 5.92 Å². The van der Waals surface area contributed by atoms with E-state index in [1.807, 2.05) is 4.90 Å². The number of hydrogen-bond donors (Lipinski definition) is 1. The maximum absolute atomic E-state index is 13.6. The Hall–Kier alpha value is -1.54. The number of halogens is 2. The smallest absolute Gasteiger partial charge is 0.251 e. The van der Waals surface area contributed by atoms with Gasteiger partial charge >= 0.3 is 0 Å². The average molecular weight is 464 g/mol. The number of fused-ring (bicyclic) bond motifs is 1. The van der Waals surface area contributed by atoms with Crippen molar-refractivity contribution in [2.75, 3.05) is 56.1 Å². The lowest BCUT2D eigenvalue weighted by atomic mass is 10.00. The number of piperidine rings is 1. The van der Waals surface area contributed by atoms with Gasteiger partial charge in [0.15, 0.2) is 11.6 Å². The van der Waals surface area contributed by atoms with Crippen LogP contribution < -0.4 is 10.2 Å². The van der Waals surface area contributed by atoms with Crippen molar-refractivity contribution >= 4 is 11.6 Å². The van der Waals surface area contributed by atoms with Gasteiger partial charge < -0.3 is 19.9 Å². The van der Waals surface area contributed by atoms with Crippen LogP contribution in [-0.2, 0) is 4.74 Å². The number of rotatable bonds is 6. The summed E-state index contributed by atoms with van der Waals surface area (Å²) in [6.45, 7) is 2.38. The second-order valence-corrected chi connectivity index (χ2v) is 10.9. The molecule has 0 aromatic carbocycles. The predicted octanol–water partition coefficient (Wildman–Crippen LogP) is 4.14. The lowest BCUT2D eigenvalue weighted by Crippen LogP contribution is -2.40. The van der Waals surface area contributed by atoms with E-state index < -0.39 is 12.4 Å². The summed E-state index contributed by atoms with van der Waals surface area (Å²) in [5, 5.41) is 12.7. The molecule has 6 nitrogen and oxygen atoms in total. The second-order valence-electron chi connectivity index (χ2n) is 10.9. The van der Waals surface area contributed by atoms with E-state index in [1.165, 1.54) is 5.56 Å². The minimum absolute atomic E-state index is 0.0602. The van der Waals surface area contributed by atoms with Gasteiger partial charge in [0.1, 0.15) is 0 Å². The number of hydrogen-bond acceptors (Lipinski definition) is 6. The molecule has 8 heteroatoms. The van der Waals surface area contributed by atoms with Crippen molar-refractivity contribution in [3.8, 4) is 0 Å². The van der Waals surface area contributed by atoms with Crippen LogP contribution in [-0.4, -0.2) is 73.0 Å². The van der Waals surface area contributed by atoms with Crippen LogP contribution in [0.1, 0.15) is 65.6 Å². The standard InChI is InChI=1S/C25H37F2N5O/c26-25(27)5-7-32(8-6-25)23-13-22(18-1-2-18)24(30-29-23)28-21-11-19-15-31(16-20(19)12-21)14-17-3-9-33-10-4-17/h13,17-21H,1-12,14-16H2,(H,28,30)/t19-,20+,21?/i14D2. The van der Waals surface area contributed by atoms with Gasteiger partial charge in [0.2, 0.25) is 0 Å². The monoisotopic (exact) mass is 463 g/mol. The molecular formula is C25H37F2N5O. The summed E-state index contributed by atoms with van der Waals surface area (Å²) in [6.07, 6.45) is 5.71. The summed E-state index contributed by atoms with van der Waals surface area (Å²) < 4.78 is 50.2. The minimum atomic E-state index is -2.56. The van der Waals surface area contributed by atoms with E-state index in [2.05, 4.69) is 26.5 Å². The Morgan fingerprint density at radius 3 is 2.42 bits per heavy atom. The summed E-state index contributed by atoms with van der Waals surface area (Å²) in [4.78, 5) is 4.04. The van der Waals surface area contributed by atoms with Gasteiger partial charge in [-0.05, 0) is 68.3 Å². The maximum Gasteiger partial charge on any atom is 0.251 e. The van der Waals surface area contributed by atoms with Gasteiger partial charge in [0, 0.05) is 73.1 Å². The molecule has 1 unspecified atom stereocenters.